The minimum atomic E-state index is 0.0113. The average molecular weight is 272 g/mol. The molecule has 0 unspecified atom stereocenters. The third-order valence-corrected chi connectivity index (χ3v) is 3.91. The Morgan fingerprint density at radius 3 is 2.70 bits per heavy atom. The molecule has 0 radical (unpaired) electrons. The van der Waals surface area contributed by atoms with Crippen molar-refractivity contribution in [3.8, 4) is 0 Å². The molecule has 0 bridgehead atoms. The van der Waals surface area contributed by atoms with E-state index in [4.69, 9.17) is 0 Å². The van der Waals surface area contributed by atoms with Crippen LogP contribution in [0.2, 0.25) is 0 Å². The Morgan fingerprint density at radius 2 is 1.95 bits per heavy atom. The van der Waals surface area contributed by atoms with Crippen LogP contribution >= 0.6 is 0 Å². The van der Waals surface area contributed by atoms with Crippen LogP contribution in [-0.4, -0.2) is 52.4 Å². The summed E-state index contributed by atoms with van der Waals surface area (Å²) < 4.78 is 1.66. The van der Waals surface area contributed by atoms with Gasteiger partial charge in [-0.3, -0.25) is 14.1 Å². The van der Waals surface area contributed by atoms with E-state index in [0.29, 0.717) is 0 Å². The molecule has 5 heteroatoms. The Morgan fingerprint density at radius 1 is 1.20 bits per heavy atom. The molecular formula is C15H20N4O. The maximum Gasteiger partial charge on any atom is 0.258 e. The summed E-state index contributed by atoms with van der Waals surface area (Å²) in [7, 11) is 2.14. The van der Waals surface area contributed by atoms with E-state index in [-0.39, 0.29) is 5.56 Å². The van der Waals surface area contributed by atoms with Gasteiger partial charge in [-0.15, -0.1) is 0 Å². The highest BCUT2D eigenvalue weighted by Crippen LogP contribution is 2.07. The minimum absolute atomic E-state index is 0.0113. The number of piperazine rings is 1. The molecule has 0 aromatic carbocycles. The normalized spacial score (nSPS) is 17.7. The van der Waals surface area contributed by atoms with E-state index in [9.17, 15) is 4.79 Å². The van der Waals surface area contributed by atoms with Crippen LogP contribution in [0.15, 0.2) is 29.1 Å². The van der Waals surface area contributed by atoms with Crippen molar-refractivity contribution in [1.82, 2.24) is 19.2 Å². The van der Waals surface area contributed by atoms with E-state index in [0.717, 1.165) is 49.8 Å². The molecule has 5 nitrogen and oxygen atoms in total. The zero-order valence-corrected chi connectivity index (χ0v) is 12.0. The van der Waals surface area contributed by atoms with Gasteiger partial charge in [0.15, 0.2) is 0 Å². The number of likely N-dealkylation sites (N-methyl/N-ethyl adjacent to an activating group) is 1. The molecule has 1 saturated heterocycles. The predicted molar refractivity (Wildman–Crippen MR) is 79.0 cm³/mol. The molecule has 2 aromatic heterocycles. The van der Waals surface area contributed by atoms with Gasteiger partial charge in [0.05, 0.1) is 5.69 Å². The fourth-order valence-corrected chi connectivity index (χ4v) is 2.68. The van der Waals surface area contributed by atoms with Crippen LogP contribution in [0.5, 0.6) is 0 Å². The van der Waals surface area contributed by atoms with Crippen molar-refractivity contribution in [1.29, 1.82) is 0 Å². The summed E-state index contributed by atoms with van der Waals surface area (Å²) in [6.07, 6.45) is 0. The maximum atomic E-state index is 12.2. The molecule has 106 valence electrons. The van der Waals surface area contributed by atoms with E-state index < -0.39 is 0 Å². The third-order valence-electron chi connectivity index (χ3n) is 3.91. The minimum Gasteiger partial charge on any atom is -0.304 e. The molecule has 3 heterocycles. The van der Waals surface area contributed by atoms with E-state index in [2.05, 4.69) is 21.8 Å². The first kappa shape index (κ1) is 13.3. The summed E-state index contributed by atoms with van der Waals surface area (Å²) in [6.45, 7) is 6.90. The van der Waals surface area contributed by atoms with Gasteiger partial charge in [-0.2, -0.15) is 0 Å². The van der Waals surface area contributed by atoms with Gasteiger partial charge in [0.1, 0.15) is 5.65 Å². The lowest BCUT2D eigenvalue weighted by Crippen LogP contribution is -2.44. The SMILES string of the molecule is Cc1cccc2nc(CN3CCN(C)CC3)cc(=O)n12. The van der Waals surface area contributed by atoms with Crippen LogP contribution in [0, 0.1) is 6.92 Å². The number of pyridine rings is 1. The van der Waals surface area contributed by atoms with Crippen molar-refractivity contribution in [2.24, 2.45) is 0 Å². The van der Waals surface area contributed by atoms with Gasteiger partial charge in [-0.25, -0.2) is 4.98 Å². The van der Waals surface area contributed by atoms with Crippen LogP contribution < -0.4 is 5.56 Å². The molecule has 1 aliphatic rings. The average Bonchev–Trinajstić information content (AvgIpc) is 2.41. The molecule has 20 heavy (non-hydrogen) atoms. The number of rotatable bonds is 2. The molecule has 0 spiro atoms. The van der Waals surface area contributed by atoms with Gasteiger partial charge < -0.3 is 4.90 Å². The number of fused-ring (bicyclic) bond motifs is 1. The van der Waals surface area contributed by atoms with Gasteiger partial charge in [-0.1, -0.05) is 6.07 Å². The van der Waals surface area contributed by atoms with Crippen molar-refractivity contribution in [2.75, 3.05) is 33.2 Å². The Bertz CT molecular complexity index is 671. The van der Waals surface area contributed by atoms with Crippen LogP contribution in [0.25, 0.3) is 5.65 Å². The largest absolute Gasteiger partial charge is 0.304 e. The number of hydrogen-bond donors (Lipinski definition) is 0. The summed E-state index contributed by atoms with van der Waals surface area (Å²) >= 11 is 0. The Balaban J connectivity index is 1.88. The summed E-state index contributed by atoms with van der Waals surface area (Å²) in [6, 6.07) is 7.42. The Labute approximate surface area is 118 Å². The molecule has 1 fully saturated rings. The highest BCUT2D eigenvalue weighted by molar-refractivity contribution is 5.40. The molecule has 0 atom stereocenters. The third kappa shape index (κ3) is 2.59. The topological polar surface area (TPSA) is 40.9 Å². The lowest BCUT2D eigenvalue weighted by Gasteiger charge is -2.32. The van der Waals surface area contributed by atoms with E-state index >= 15 is 0 Å². The quantitative estimate of drug-likeness (QED) is 0.809. The number of aryl methyl sites for hydroxylation is 1. The van der Waals surface area contributed by atoms with Crippen molar-refractivity contribution < 1.29 is 0 Å². The summed E-state index contributed by atoms with van der Waals surface area (Å²) in [5.74, 6) is 0. The predicted octanol–water partition coefficient (Wildman–Crippen LogP) is 0.750. The standard InChI is InChI=1S/C15H20N4O/c1-12-4-3-5-14-16-13(10-15(20)19(12)14)11-18-8-6-17(2)7-9-18/h3-5,10H,6-9,11H2,1-2H3. The fourth-order valence-electron chi connectivity index (χ4n) is 2.68. The summed E-state index contributed by atoms with van der Waals surface area (Å²) in [4.78, 5) is 21.5. The van der Waals surface area contributed by atoms with Gasteiger partial charge in [0, 0.05) is 44.5 Å². The molecule has 0 aliphatic carbocycles. The van der Waals surface area contributed by atoms with Crippen LogP contribution in [0.1, 0.15) is 11.4 Å². The second-order valence-electron chi connectivity index (χ2n) is 5.53. The van der Waals surface area contributed by atoms with E-state index in [1.165, 1.54) is 0 Å². The lowest BCUT2D eigenvalue weighted by atomic mass is 10.3. The molecule has 3 rings (SSSR count). The second-order valence-corrected chi connectivity index (χ2v) is 5.53. The van der Waals surface area contributed by atoms with Crippen molar-refractivity contribution in [3.05, 3.63) is 46.0 Å². The van der Waals surface area contributed by atoms with Crippen molar-refractivity contribution >= 4 is 5.65 Å². The first-order valence-electron chi connectivity index (χ1n) is 7.03. The monoisotopic (exact) mass is 272 g/mol. The molecular weight excluding hydrogens is 252 g/mol. The zero-order chi connectivity index (χ0) is 14.1. The second kappa shape index (κ2) is 5.34. The lowest BCUT2D eigenvalue weighted by molar-refractivity contribution is 0.147. The smallest absolute Gasteiger partial charge is 0.258 e. The molecule has 0 saturated carbocycles. The first-order chi connectivity index (χ1) is 9.63. The molecule has 0 amide bonds. The van der Waals surface area contributed by atoms with Gasteiger partial charge >= 0.3 is 0 Å². The summed E-state index contributed by atoms with van der Waals surface area (Å²) in [5.41, 5.74) is 2.54. The first-order valence-corrected chi connectivity index (χ1v) is 7.03. The van der Waals surface area contributed by atoms with E-state index in [1.807, 2.05) is 25.1 Å². The molecule has 0 N–H and O–H groups in total. The molecule has 1 aliphatic heterocycles. The fraction of sp³-hybridized carbons (Fsp3) is 0.467. The number of nitrogens with zero attached hydrogens (tertiary/aromatic N) is 4. The van der Waals surface area contributed by atoms with Crippen LogP contribution in [0.3, 0.4) is 0 Å². The van der Waals surface area contributed by atoms with Crippen molar-refractivity contribution in [2.45, 2.75) is 13.5 Å². The number of hydrogen-bond acceptors (Lipinski definition) is 4. The highest BCUT2D eigenvalue weighted by Gasteiger charge is 2.15. The summed E-state index contributed by atoms with van der Waals surface area (Å²) in [5, 5.41) is 0. The number of aromatic nitrogens is 2. The zero-order valence-electron chi connectivity index (χ0n) is 12.0. The van der Waals surface area contributed by atoms with Gasteiger partial charge in [-0.05, 0) is 26.1 Å². The van der Waals surface area contributed by atoms with Gasteiger partial charge in [0.2, 0.25) is 0 Å². The van der Waals surface area contributed by atoms with E-state index in [1.54, 1.807) is 10.5 Å². The molecule has 2 aromatic rings. The van der Waals surface area contributed by atoms with Crippen molar-refractivity contribution in [3.63, 3.8) is 0 Å². The Hall–Kier alpha value is -1.72. The maximum absolute atomic E-state index is 12.2. The van der Waals surface area contributed by atoms with Crippen LogP contribution in [0.4, 0.5) is 0 Å². The Kier molecular flexibility index (Phi) is 3.54. The highest BCUT2D eigenvalue weighted by atomic mass is 16.1. The van der Waals surface area contributed by atoms with Crippen LogP contribution in [-0.2, 0) is 6.54 Å². The van der Waals surface area contributed by atoms with Gasteiger partial charge in [0.25, 0.3) is 5.56 Å².